The number of rotatable bonds is 6. The summed E-state index contributed by atoms with van der Waals surface area (Å²) in [5.41, 5.74) is 2.98. The molecule has 0 saturated heterocycles. The van der Waals surface area contributed by atoms with E-state index in [2.05, 4.69) is 10.3 Å². The Balaban J connectivity index is 1.47. The zero-order valence-corrected chi connectivity index (χ0v) is 19.6. The van der Waals surface area contributed by atoms with Crippen LogP contribution in [0, 0.1) is 0 Å². The standard InChI is InChI=1S/C24H23N3O3S2/c1-16(2)27(3)32(29,30)20-14-10-17(11-15-20)23(28)25-19-12-8-18(9-13-19)24-26-21-6-4-5-7-22(21)31-24/h4-16H,1-3H3,(H,25,28). The molecule has 1 amide bonds. The smallest absolute Gasteiger partial charge is 0.255 e. The van der Waals surface area contributed by atoms with Gasteiger partial charge in [0.1, 0.15) is 5.01 Å². The molecule has 0 atom stereocenters. The van der Waals surface area contributed by atoms with Crippen molar-refractivity contribution in [1.29, 1.82) is 0 Å². The summed E-state index contributed by atoms with van der Waals surface area (Å²) in [4.78, 5) is 17.4. The Morgan fingerprint density at radius 1 is 0.969 bits per heavy atom. The van der Waals surface area contributed by atoms with Crippen LogP contribution in [0.5, 0.6) is 0 Å². The summed E-state index contributed by atoms with van der Waals surface area (Å²) in [6.07, 6.45) is 0. The zero-order chi connectivity index (χ0) is 22.9. The van der Waals surface area contributed by atoms with Crippen molar-refractivity contribution in [2.24, 2.45) is 0 Å². The zero-order valence-electron chi connectivity index (χ0n) is 17.9. The van der Waals surface area contributed by atoms with Crippen LogP contribution in [0.25, 0.3) is 20.8 Å². The number of para-hydroxylation sites is 1. The van der Waals surface area contributed by atoms with Crippen molar-refractivity contribution in [3.63, 3.8) is 0 Å². The minimum absolute atomic E-state index is 0.158. The van der Waals surface area contributed by atoms with Crippen LogP contribution in [-0.4, -0.2) is 36.7 Å². The van der Waals surface area contributed by atoms with E-state index in [-0.39, 0.29) is 16.8 Å². The molecule has 8 heteroatoms. The van der Waals surface area contributed by atoms with E-state index in [0.29, 0.717) is 11.3 Å². The van der Waals surface area contributed by atoms with Gasteiger partial charge >= 0.3 is 0 Å². The summed E-state index contributed by atoms with van der Waals surface area (Å²) in [7, 11) is -2.04. The van der Waals surface area contributed by atoms with Gasteiger partial charge in [0.25, 0.3) is 5.91 Å². The SMILES string of the molecule is CC(C)N(C)S(=O)(=O)c1ccc(C(=O)Nc2ccc(-c3nc4ccccc4s3)cc2)cc1. The first kappa shape index (κ1) is 22.1. The van der Waals surface area contributed by atoms with Crippen molar-refractivity contribution in [3.8, 4) is 10.6 Å². The summed E-state index contributed by atoms with van der Waals surface area (Å²) >= 11 is 1.62. The number of nitrogens with zero attached hydrogens (tertiary/aromatic N) is 2. The second-order valence-electron chi connectivity index (χ2n) is 7.66. The highest BCUT2D eigenvalue weighted by Gasteiger charge is 2.23. The quantitative estimate of drug-likeness (QED) is 0.422. The van der Waals surface area contributed by atoms with E-state index in [1.807, 2.05) is 62.4 Å². The molecular weight excluding hydrogens is 442 g/mol. The van der Waals surface area contributed by atoms with Crippen LogP contribution in [0.4, 0.5) is 5.69 Å². The van der Waals surface area contributed by atoms with Crippen LogP contribution in [0.15, 0.2) is 77.7 Å². The van der Waals surface area contributed by atoms with E-state index < -0.39 is 10.0 Å². The first-order valence-corrected chi connectivity index (χ1v) is 12.4. The Labute approximate surface area is 191 Å². The van der Waals surface area contributed by atoms with E-state index >= 15 is 0 Å². The normalized spacial score (nSPS) is 11.9. The monoisotopic (exact) mass is 465 g/mol. The molecule has 0 bridgehead atoms. The van der Waals surface area contributed by atoms with Gasteiger partial charge in [-0.1, -0.05) is 12.1 Å². The van der Waals surface area contributed by atoms with Crippen molar-refractivity contribution in [1.82, 2.24) is 9.29 Å². The molecule has 4 rings (SSSR count). The number of hydrogen-bond donors (Lipinski definition) is 1. The molecule has 1 aromatic heterocycles. The molecular formula is C24H23N3O3S2. The van der Waals surface area contributed by atoms with Gasteiger partial charge in [-0.2, -0.15) is 4.31 Å². The number of anilines is 1. The van der Waals surface area contributed by atoms with Gasteiger partial charge in [-0.25, -0.2) is 13.4 Å². The van der Waals surface area contributed by atoms with E-state index in [9.17, 15) is 13.2 Å². The van der Waals surface area contributed by atoms with Gasteiger partial charge in [-0.05, 0) is 74.5 Å². The summed E-state index contributed by atoms with van der Waals surface area (Å²) in [6.45, 7) is 3.61. The lowest BCUT2D eigenvalue weighted by Crippen LogP contribution is -2.33. The number of carbonyl (C=O) groups excluding carboxylic acids is 1. The second-order valence-corrected chi connectivity index (χ2v) is 10.7. The molecule has 3 aromatic carbocycles. The topological polar surface area (TPSA) is 79.4 Å². The Kier molecular flexibility index (Phi) is 6.10. The fourth-order valence-electron chi connectivity index (χ4n) is 3.12. The number of aromatic nitrogens is 1. The number of fused-ring (bicyclic) bond motifs is 1. The van der Waals surface area contributed by atoms with Crippen molar-refractivity contribution >= 4 is 43.2 Å². The van der Waals surface area contributed by atoms with E-state index in [1.54, 1.807) is 18.4 Å². The number of hydrogen-bond acceptors (Lipinski definition) is 5. The largest absolute Gasteiger partial charge is 0.322 e. The van der Waals surface area contributed by atoms with Crippen molar-refractivity contribution in [2.75, 3.05) is 12.4 Å². The third-order valence-corrected chi connectivity index (χ3v) is 8.34. The first-order chi connectivity index (χ1) is 15.3. The highest BCUT2D eigenvalue weighted by atomic mass is 32.2. The highest BCUT2D eigenvalue weighted by molar-refractivity contribution is 7.89. The van der Waals surface area contributed by atoms with Gasteiger partial charge in [-0.3, -0.25) is 4.79 Å². The number of thiazole rings is 1. The Morgan fingerprint density at radius 3 is 2.25 bits per heavy atom. The number of nitrogens with one attached hydrogen (secondary N) is 1. The lowest BCUT2D eigenvalue weighted by atomic mass is 10.2. The predicted molar refractivity (Wildman–Crippen MR) is 130 cm³/mol. The fraction of sp³-hybridized carbons (Fsp3) is 0.167. The third kappa shape index (κ3) is 4.43. The summed E-state index contributed by atoms with van der Waals surface area (Å²) < 4.78 is 27.6. The van der Waals surface area contributed by atoms with E-state index in [0.717, 1.165) is 20.8 Å². The molecule has 4 aromatic rings. The number of carbonyl (C=O) groups is 1. The van der Waals surface area contributed by atoms with E-state index in [4.69, 9.17) is 0 Å². The maximum absolute atomic E-state index is 12.6. The van der Waals surface area contributed by atoms with Gasteiger partial charge in [0, 0.05) is 29.9 Å². The molecule has 1 heterocycles. The summed E-state index contributed by atoms with van der Waals surface area (Å²) in [6, 6.07) is 21.3. The molecule has 32 heavy (non-hydrogen) atoms. The van der Waals surface area contributed by atoms with Crippen molar-refractivity contribution in [3.05, 3.63) is 78.4 Å². The van der Waals surface area contributed by atoms with Crippen molar-refractivity contribution in [2.45, 2.75) is 24.8 Å². The van der Waals surface area contributed by atoms with Crippen LogP contribution < -0.4 is 5.32 Å². The summed E-state index contributed by atoms with van der Waals surface area (Å²) in [5.74, 6) is -0.307. The Morgan fingerprint density at radius 2 is 1.62 bits per heavy atom. The molecule has 164 valence electrons. The maximum Gasteiger partial charge on any atom is 0.255 e. The fourth-order valence-corrected chi connectivity index (χ4v) is 5.46. The first-order valence-electron chi connectivity index (χ1n) is 10.1. The van der Waals surface area contributed by atoms with Crippen LogP contribution in [0.3, 0.4) is 0 Å². The minimum atomic E-state index is -3.58. The second kappa shape index (κ2) is 8.82. The maximum atomic E-state index is 12.6. The average Bonchev–Trinajstić information content (AvgIpc) is 3.23. The van der Waals surface area contributed by atoms with Crippen LogP contribution in [0.1, 0.15) is 24.2 Å². The van der Waals surface area contributed by atoms with Gasteiger partial charge < -0.3 is 5.32 Å². The predicted octanol–water partition coefficient (Wildman–Crippen LogP) is 5.24. The van der Waals surface area contributed by atoms with E-state index in [1.165, 1.54) is 28.6 Å². The molecule has 0 aliphatic heterocycles. The van der Waals surface area contributed by atoms with Crippen molar-refractivity contribution < 1.29 is 13.2 Å². The number of amides is 1. The molecule has 6 nitrogen and oxygen atoms in total. The van der Waals surface area contributed by atoms with Crippen LogP contribution >= 0.6 is 11.3 Å². The molecule has 0 unspecified atom stereocenters. The summed E-state index contributed by atoms with van der Waals surface area (Å²) in [5, 5.41) is 3.77. The number of benzene rings is 3. The average molecular weight is 466 g/mol. The molecule has 0 fully saturated rings. The van der Waals surface area contributed by atoms with Crippen LogP contribution in [-0.2, 0) is 10.0 Å². The molecule has 0 aliphatic carbocycles. The van der Waals surface area contributed by atoms with Crippen LogP contribution in [0.2, 0.25) is 0 Å². The minimum Gasteiger partial charge on any atom is -0.322 e. The highest BCUT2D eigenvalue weighted by Crippen LogP contribution is 2.30. The molecule has 1 N–H and O–H groups in total. The molecule has 0 saturated carbocycles. The Bertz CT molecular complexity index is 1330. The molecule has 0 spiro atoms. The lowest BCUT2D eigenvalue weighted by Gasteiger charge is -2.21. The van der Waals surface area contributed by atoms with Gasteiger partial charge in [-0.15, -0.1) is 11.3 Å². The molecule has 0 aliphatic rings. The third-order valence-electron chi connectivity index (χ3n) is 5.20. The lowest BCUT2D eigenvalue weighted by molar-refractivity contribution is 0.102. The number of sulfonamides is 1. The van der Waals surface area contributed by atoms with Gasteiger partial charge in [0.15, 0.2) is 0 Å². The van der Waals surface area contributed by atoms with Gasteiger partial charge in [0.05, 0.1) is 15.1 Å². The van der Waals surface area contributed by atoms with Gasteiger partial charge in [0.2, 0.25) is 10.0 Å². The Hall–Kier alpha value is -3.07. The molecule has 0 radical (unpaired) electrons.